The van der Waals surface area contributed by atoms with Crippen LogP contribution in [0.1, 0.15) is 30.9 Å². The van der Waals surface area contributed by atoms with E-state index in [1.165, 1.54) is 5.56 Å². The average Bonchev–Trinajstić information content (AvgIpc) is 3.32. The summed E-state index contributed by atoms with van der Waals surface area (Å²) >= 11 is 0. The molecule has 0 saturated heterocycles. The Labute approximate surface area is 225 Å². The van der Waals surface area contributed by atoms with Crippen LogP contribution in [0.15, 0.2) is 70.6 Å². The first-order valence-electron chi connectivity index (χ1n) is 12.8. The third kappa shape index (κ3) is 7.28. The Balaban J connectivity index is 1.46. The molecule has 0 fully saturated rings. The fraction of sp³-hybridized carbons (Fsp3) is 0.321. The molecule has 9 nitrogen and oxygen atoms in total. The summed E-state index contributed by atoms with van der Waals surface area (Å²) in [5.74, 6) is 0.117. The zero-order valence-electron chi connectivity index (χ0n) is 21.8. The Morgan fingerprint density at radius 1 is 1.16 bits per heavy atom. The van der Waals surface area contributed by atoms with Crippen molar-refractivity contribution in [3.05, 3.63) is 82.4 Å². The molecule has 0 aliphatic rings. The van der Waals surface area contributed by atoms with Crippen molar-refractivity contribution in [2.24, 2.45) is 22.2 Å². The number of aliphatic imine (C=N–C) groups is 1. The van der Waals surface area contributed by atoms with Gasteiger partial charge in [-0.3, -0.25) is 9.56 Å². The number of hydrogen-bond donors (Lipinski definition) is 5. The smallest absolute Gasteiger partial charge is 0.354 e. The molecule has 0 saturated carbocycles. The summed E-state index contributed by atoms with van der Waals surface area (Å²) in [5.41, 5.74) is 21.9. The minimum atomic E-state index is -0.327. The molecule has 0 amide bonds. The Hall–Kier alpha value is -3.52. The number of aromatic nitrogens is 3. The van der Waals surface area contributed by atoms with E-state index >= 15 is 0 Å². The molecule has 0 spiro atoms. The van der Waals surface area contributed by atoms with Gasteiger partial charge in [0.1, 0.15) is 5.65 Å². The standard InChI is InChI=1S/C28H37N8OP/c1-28(38,18-29)11-10-19-4-2-5-21(14-19)24-15-22-17-36(27(37)35-25(22)34-24)23-8-6-20(7-9-23)16-32-12-3-13-33-26(30)31/h2,4-9,14-15,17,32H,3,10-13,16,18,29,38H2,1H3,(H4,30,31,33)(H,34,35,37). The van der Waals surface area contributed by atoms with Crippen LogP contribution in [0.4, 0.5) is 0 Å². The molecule has 38 heavy (non-hydrogen) atoms. The van der Waals surface area contributed by atoms with Crippen molar-refractivity contribution in [1.82, 2.24) is 19.9 Å². The monoisotopic (exact) mass is 532 g/mol. The van der Waals surface area contributed by atoms with Crippen LogP contribution in [-0.4, -0.2) is 45.3 Å². The summed E-state index contributed by atoms with van der Waals surface area (Å²) in [4.78, 5) is 24.4. The Kier molecular flexibility index (Phi) is 8.94. The predicted octanol–water partition coefficient (Wildman–Crippen LogP) is 2.66. The van der Waals surface area contributed by atoms with Crippen LogP contribution < -0.4 is 28.2 Å². The lowest BCUT2D eigenvalue weighted by Gasteiger charge is -2.21. The van der Waals surface area contributed by atoms with Gasteiger partial charge in [-0.2, -0.15) is 4.98 Å². The summed E-state index contributed by atoms with van der Waals surface area (Å²) in [6, 6.07) is 18.4. The Morgan fingerprint density at radius 2 is 1.95 bits per heavy atom. The van der Waals surface area contributed by atoms with Gasteiger partial charge < -0.3 is 27.5 Å². The van der Waals surface area contributed by atoms with Gasteiger partial charge in [0, 0.05) is 36.9 Å². The maximum atomic E-state index is 12.8. The molecule has 2 atom stereocenters. The number of nitrogens with zero attached hydrogens (tertiary/aromatic N) is 3. The number of aryl methyl sites for hydroxylation is 1. The molecule has 0 radical (unpaired) electrons. The maximum absolute atomic E-state index is 12.8. The van der Waals surface area contributed by atoms with E-state index in [-0.39, 0.29) is 16.8 Å². The van der Waals surface area contributed by atoms with Crippen LogP contribution in [0.2, 0.25) is 0 Å². The molecular weight excluding hydrogens is 495 g/mol. The molecule has 2 aromatic heterocycles. The number of fused-ring (bicyclic) bond motifs is 1. The van der Waals surface area contributed by atoms with E-state index in [0.29, 0.717) is 18.7 Å². The zero-order valence-corrected chi connectivity index (χ0v) is 22.9. The van der Waals surface area contributed by atoms with E-state index in [1.54, 1.807) is 4.57 Å². The second kappa shape index (κ2) is 12.3. The lowest BCUT2D eigenvalue weighted by molar-refractivity contribution is 0.595. The highest BCUT2D eigenvalue weighted by molar-refractivity contribution is 7.19. The fourth-order valence-corrected chi connectivity index (χ4v) is 4.32. The molecule has 8 N–H and O–H groups in total. The molecule has 200 valence electrons. The zero-order chi connectivity index (χ0) is 27.1. The summed E-state index contributed by atoms with van der Waals surface area (Å²) in [6.07, 6.45) is 4.62. The van der Waals surface area contributed by atoms with Crippen LogP contribution in [0, 0.1) is 0 Å². The predicted molar refractivity (Wildman–Crippen MR) is 160 cm³/mol. The highest BCUT2D eigenvalue weighted by Crippen LogP contribution is 2.27. The van der Waals surface area contributed by atoms with E-state index in [0.717, 1.165) is 60.2 Å². The number of H-pyrrole nitrogens is 1. The lowest BCUT2D eigenvalue weighted by atomic mass is 9.98. The average molecular weight is 533 g/mol. The summed E-state index contributed by atoms with van der Waals surface area (Å²) in [6.45, 7) is 4.92. The van der Waals surface area contributed by atoms with Gasteiger partial charge in [0.2, 0.25) is 0 Å². The Morgan fingerprint density at radius 3 is 2.68 bits per heavy atom. The van der Waals surface area contributed by atoms with Gasteiger partial charge in [-0.15, -0.1) is 9.24 Å². The van der Waals surface area contributed by atoms with Crippen molar-refractivity contribution in [2.45, 2.75) is 37.9 Å². The van der Waals surface area contributed by atoms with Crippen LogP contribution in [-0.2, 0) is 13.0 Å². The number of hydrogen-bond acceptors (Lipinski definition) is 5. The number of benzene rings is 2. The van der Waals surface area contributed by atoms with E-state index in [1.807, 2.05) is 36.5 Å². The van der Waals surface area contributed by atoms with Crippen LogP contribution in [0.25, 0.3) is 28.0 Å². The number of guanidine groups is 1. The molecule has 0 bridgehead atoms. The quantitative estimate of drug-likeness (QED) is 0.0818. The molecule has 0 aliphatic carbocycles. The summed E-state index contributed by atoms with van der Waals surface area (Å²) in [7, 11) is 2.86. The molecule has 2 unspecified atom stereocenters. The molecular formula is C28H37N8OP. The van der Waals surface area contributed by atoms with Crippen molar-refractivity contribution >= 4 is 26.2 Å². The minimum Gasteiger partial charge on any atom is -0.370 e. The van der Waals surface area contributed by atoms with Crippen molar-refractivity contribution in [3.8, 4) is 16.9 Å². The first kappa shape index (κ1) is 27.5. The highest BCUT2D eigenvalue weighted by Gasteiger charge is 2.16. The van der Waals surface area contributed by atoms with Gasteiger partial charge in [-0.1, -0.05) is 37.3 Å². The highest BCUT2D eigenvalue weighted by atomic mass is 31.0. The van der Waals surface area contributed by atoms with Crippen molar-refractivity contribution in [3.63, 3.8) is 0 Å². The third-order valence-corrected chi connectivity index (χ3v) is 7.07. The molecule has 10 heteroatoms. The number of nitrogens with one attached hydrogen (secondary N) is 2. The van der Waals surface area contributed by atoms with Gasteiger partial charge in [0.05, 0.1) is 5.69 Å². The normalized spacial score (nSPS) is 12.9. The van der Waals surface area contributed by atoms with E-state index in [2.05, 4.69) is 60.7 Å². The largest absolute Gasteiger partial charge is 0.370 e. The van der Waals surface area contributed by atoms with Crippen molar-refractivity contribution < 1.29 is 0 Å². The van der Waals surface area contributed by atoms with Gasteiger partial charge in [-0.05, 0) is 71.9 Å². The SMILES string of the molecule is CC(P)(CN)CCc1cccc(-c2cc3cn(-c4ccc(CNCCCN=C(N)N)cc4)c(=O)nc3[nH]2)c1. The first-order valence-corrected chi connectivity index (χ1v) is 13.4. The topological polar surface area (TPSA) is 153 Å². The third-order valence-electron chi connectivity index (χ3n) is 6.55. The second-order valence-electron chi connectivity index (χ2n) is 9.94. The van der Waals surface area contributed by atoms with Gasteiger partial charge in [0.15, 0.2) is 5.96 Å². The van der Waals surface area contributed by atoms with E-state index < -0.39 is 0 Å². The van der Waals surface area contributed by atoms with Crippen molar-refractivity contribution in [2.75, 3.05) is 19.6 Å². The van der Waals surface area contributed by atoms with Crippen LogP contribution in [0.5, 0.6) is 0 Å². The molecule has 0 aliphatic heterocycles. The van der Waals surface area contributed by atoms with Crippen molar-refractivity contribution in [1.29, 1.82) is 0 Å². The van der Waals surface area contributed by atoms with E-state index in [4.69, 9.17) is 17.2 Å². The molecule has 4 aromatic rings. The summed E-state index contributed by atoms with van der Waals surface area (Å²) in [5, 5.41) is 4.27. The molecule has 4 rings (SSSR count). The summed E-state index contributed by atoms with van der Waals surface area (Å²) < 4.78 is 1.58. The molecule has 2 heterocycles. The lowest BCUT2D eigenvalue weighted by Crippen LogP contribution is -2.27. The number of aromatic amines is 1. The molecule has 2 aromatic carbocycles. The van der Waals surface area contributed by atoms with Gasteiger partial charge in [0.25, 0.3) is 0 Å². The Bertz CT molecular complexity index is 1450. The number of nitrogens with two attached hydrogens (primary N) is 3. The maximum Gasteiger partial charge on any atom is 0.354 e. The minimum absolute atomic E-state index is 0.0311. The first-order chi connectivity index (χ1) is 18.2. The van der Waals surface area contributed by atoms with Crippen LogP contribution >= 0.6 is 9.24 Å². The van der Waals surface area contributed by atoms with E-state index in [9.17, 15) is 4.79 Å². The van der Waals surface area contributed by atoms with Crippen LogP contribution in [0.3, 0.4) is 0 Å². The number of rotatable bonds is 12. The van der Waals surface area contributed by atoms with Gasteiger partial charge >= 0.3 is 5.69 Å². The fourth-order valence-electron chi connectivity index (χ4n) is 4.18. The second-order valence-corrected chi connectivity index (χ2v) is 11.3. The van der Waals surface area contributed by atoms with Gasteiger partial charge in [-0.25, -0.2) is 4.79 Å².